The van der Waals surface area contributed by atoms with E-state index in [-0.39, 0.29) is 0 Å². The second-order valence-electron chi connectivity index (χ2n) is 9.29. The Kier molecular flexibility index (Phi) is 1.20. The summed E-state index contributed by atoms with van der Waals surface area (Å²) >= 11 is 0. The minimum atomic E-state index is 1.12. The SMILES string of the molecule is BC1C2CCC1C1C2C2C1C1C3C4CCC4C3C21. The standard InChI is InChI=1S/C17H23B/c18-17-7-3-4-8(17)12-11(7)15-13-9-5-1-2-6(5)10(9)14(13)16(12)15/h5-17H,1-4,18H2. The summed E-state index contributed by atoms with van der Waals surface area (Å²) in [5.74, 6) is 16.2. The van der Waals surface area contributed by atoms with E-state index >= 15 is 0 Å². The highest BCUT2D eigenvalue weighted by molar-refractivity contribution is 6.12. The van der Waals surface area contributed by atoms with E-state index in [4.69, 9.17) is 0 Å². The molecule has 12 atom stereocenters. The van der Waals surface area contributed by atoms with Crippen molar-refractivity contribution >= 4 is 7.85 Å². The van der Waals surface area contributed by atoms with Gasteiger partial charge in [0.05, 0.1) is 0 Å². The van der Waals surface area contributed by atoms with Gasteiger partial charge in [-0.2, -0.15) is 0 Å². The first-order valence-electron chi connectivity index (χ1n) is 8.88. The lowest BCUT2D eigenvalue weighted by Crippen LogP contribution is -2.83. The fourth-order valence-electron chi connectivity index (χ4n) is 9.63. The predicted octanol–water partition coefficient (Wildman–Crippen LogP) is 2.46. The van der Waals surface area contributed by atoms with Crippen LogP contribution in [0.25, 0.3) is 0 Å². The molecule has 0 N–H and O–H groups in total. The first-order valence-corrected chi connectivity index (χ1v) is 8.88. The first kappa shape index (κ1) is 9.08. The third kappa shape index (κ3) is 0.598. The molecule has 0 aromatic carbocycles. The minimum Gasteiger partial charge on any atom is -0.0636 e. The lowest BCUT2D eigenvalue weighted by molar-refractivity contribution is -0.397. The number of hydrogen-bond acceptors (Lipinski definition) is 0. The van der Waals surface area contributed by atoms with Crippen LogP contribution in [0.5, 0.6) is 0 Å². The van der Waals surface area contributed by atoms with E-state index in [0.717, 1.165) is 5.82 Å². The molecule has 0 radical (unpaired) electrons. The van der Waals surface area contributed by atoms with Gasteiger partial charge in [-0.1, -0.05) is 18.7 Å². The van der Waals surface area contributed by atoms with Crippen LogP contribution in [0.15, 0.2) is 0 Å². The van der Waals surface area contributed by atoms with Crippen LogP contribution in [0.4, 0.5) is 0 Å². The monoisotopic (exact) mass is 238 g/mol. The molecule has 7 aliphatic rings. The minimum absolute atomic E-state index is 1.12. The summed E-state index contributed by atoms with van der Waals surface area (Å²) in [4.78, 5) is 0. The highest BCUT2D eigenvalue weighted by atomic mass is 14.9. The third-order valence-electron chi connectivity index (χ3n) is 9.99. The Labute approximate surface area is 111 Å². The topological polar surface area (TPSA) is 0 Å². The fourth-order valence-corrected chi connectivity index (χ4v) is 9.63. The van der Waals surface area contributed by atoms with Crippen molar-refractivity contribution in [3.63, 3.8) is 0 Å². The molecule has 0 aromatic heterocycles. The van der Waals surface area contributed by atoms with Gasteiger partial charge in [0, 0.05) is 0 Å². The van der Waals surface area contributed by atoms with Gasteiger partial charge in [-0.25, -0.2) is 0 Å². The van der Waals surface area contributed by atoms with Crippen molar-refractivity contribution in [2.45, 2.75) is 31.5 Å². The fraction of sp³-hybridized carbons (Fsp3) is 1.00. The molecule has 7 fully saturated rings. The molecule has 0 spiro atoms. The van der Waals surface area contributed by atoms with Gasteiger partial charge in [0.25, 0.3) is 0 Å². The van der Waals surface area contributed by atoms with Crippen LogP contribution >= 0.6 is 0 Å². The summed E-state index contributed by atoms with van der Waals surface area (Å²) in [5.41, 5.74) is 0. The molecule has 0 aliphatic heterocycles. The van der Waals surface area contributed by atoms with Crippen molar-refractivity contribution in [3.05, 3.63) is 0 Å². The van der Waals surface area contributed by atoms with Gasteiger partial charge in [0.2, 0.25) is 0 Å². The Hall–Kier alpha value is 0.0649. The molecule has 0 amide bonds. The summed E-state index contributed by atoms with van der Waals surface area (Å²) in [5, 5.41) is 0. The second kappa shape index (κ2) is 2.37. The lowest BCUT2D eigenvalue weighted by atomic mass is 9.18. The van der Waals surface area contributed by atoms with Gasteiger partial charge >= 0.3 is 0 Å². The summed E-state index contributed by atoms with van der Waals surface area (Å²) in [6.07, 6.45) is 6.49. The predicted molar refractivity (Wildman–Crippen MR) is 72.6 cm³/mol. The summed E-state index contributed by atoms with van der Waals surface area (Å²) in [6, 6.07) is 0. The van der Waals surface area contributed by atoms with Gasteiger partial charge in [-0.05, 0) is 83.9 Å². The Morgan fingerprint density at radius 2 is 0.778 bits per heavy atom. The van der Waals surface area contributed by atoms with Crippen LogP contribution in [0, 0.1) is 71.0 Å². The van der Waals surface area contributed by atoms with Crippen LogP contribution in [0.1, 0.15) is 25.7 Å². The zero-order valence-corrected chi connectivity index (χ0v) is 11.3. The lowest BCUT2D eigenvalue weighted by Gasteiger charge is -2.87. The molecule has 1 heteroatoms. The van der Waals surface area contributed by atoms with Crippen molar-refractivity contribution in [2.75, 3.05) is 0 Å². The van der Waals surface area contributed by atoms with E-state index in [9.17, 15) is 0 Å². The third-order valence-corrected chi connectivity index (χ3v) is 9.99. The summed E-state index contributed by atoms with van der Waals surface area (Å²) in [7, 11) is 2.61. The molecule has 94 valence electrons. The molecular formula is C17H23B. The Morgan fingerprint density at radius 3 is 1.17 bits per heavy atom. The molecule has 7 rings (SSSR count). The maximum atomic E-state index is 2.61. The van der Waals surface area contributed by atoms with E-state index in [0.29, 0.717) is 0 Å². The Balaban J connectivity index is 1.28. The quantitative estimate of drug-likeness (QED) is 0.449. The average molecular weight is 238 g/mol. The molecule has 7 saturated carbocycles. The molecule has 0 nitrogen and oxygen atoms in total. The molecule has 18 heavy (non-hydrogen) atoms. The summed E-state index contributed by atoms with van der Waals surface area (Å²) < 4.78 is 0. The van der Waals surface area contributed by atoms with Crippen molar-refractivity contribution in [3.8, 4) is 0 Å². The van der Waals surface area contributed by atoms with Gasteiger partial charge in [-0.3, -0.25) is 0 Å². The normalized spacial score (nSPS) is 83.4. The largest absolute Gasteiger partial charge is 0.106 e. The number of fused-ring (bicyclic) bond motifs is 17. The highest BCUT2D eigenvalue weighted by Crippen LogP contribution is 2.89. The highest BCUT2D eigenvalue weighted by Gasteiger charge is 2.84. The maximum Gasteiger partial charge on any atom is 0.106 e. The molecule has 0 heterocycles. The van der Waals surface area contributed by atoms with Crippen molar-refractivity contribution in [1.29, 1.82) is 0 Å². The zero-order valence-electron chi connectivity index (χ0n) is 11.3. The Bertz CT molecular complexity index is 430. The van der Waals surface area contributed by atoms with Gasteiger partial charge < -0.3 is 0 Å². The van der Waals surface area contributed by atoms with Gasteiger partial charge in [0.1, 0.15) is 7.85 Å². The van der Waals surface area contributed by atoms with E-state index in [1.54, 1.807) is 25.7 Å². The van der Waals surface area contributed by atoms with Crippen molar-refractivity contribution in [2.24, 2.45) is 71.0 Å². The van der Waals surface area contributed by atoms with Gasteiger partial charge in [-0.15, -0.1) is 0 Å². The molecule has 12 unspecified atom stereocenters. The van der Waals surface area contributed by atoms with E-state index in [2.05, 4.69) is 7.85 Å². The van der Waals surface area contributed by atoms with Crippen LogP contribution in [0.3, 0.4) is 0 Å². The molecular weight excluding hydrogens is 215 g/mol. The maximum absolute atomic E-state index is 2.61. The van der Waals surface area contributed by atoms with Crippen LogP contribution in [-0.2, 0) is 0 Å². The van der Waals surface area contributed by atoms with Crippen molar-refractivity contribution in [1.82, 2.24) is 0 Å². The summed E-state index contributed by atoms with van der Waals surface area (Å²) in [6.45, 7) is 0. The van der Waals surface area contributed by atoms with E-state index < -0.39 is 0 Å². The Morgan fingerprint density at radius 1 is 0.444 bits per heavy atom. The zero-order chi connectivity index (χ0) is 11.3. The first-order chi connectivity index (χ1) is 8.88. The van der Waals surface area contributed by atoms with Crippen LogP contribution in [-0.4, -0.2) is 7.85 Å². The van der Waals surface area contributed by atoms with E-state index in [1.165, 1.54) is 71.0 Å². The van der Waals surface area contributed by atoms with E-state index in [1.807, 2.05) is 0 Å². The van der Waals surface area contributed by atoms with Crippen molar-refractivity contribution < 1.29 is 0 Å². The number of rotatable bonds is 0. The molecule has 0 saturated heterocycles. The van der Waals surface area contributed by atoms with Crippen LogP contribution < -0.4 is 0 Å². The molecule has 2 bridgehead atoms. The van der Waals surface area contributed by atoms with Crippen LogP contribution in [0.2, 0.25) is 5.82 Å². The number of hydrogen-bond donors (Lipinski definition) is 0. The molecule has 0 aromatic rings. The second-order valence-corrected chi connectivity index (χ2v) is 9.29. The average Bonchev–Trinajstić information content (AvgIpc) is 2.76. The molecule has 7 aliphatic carbocycles. The van der Waals surface area contributed by atoms with Gasteiger partial charge in [0.15, 0.2) is 0 Å². The smallest absolute Gasteiger partial charge is 0.0636 e.